The Morgan fingerprint density at radius 3 is 2.50 bits per heavy atom. The minimum atomic E-state index is -0.0310. The van der Waals surface area contributed by atoms with Gasteiger partial charge in [0.15, 0.2) is 0 Å². The smallest absolute Gasteiger partial charge is 0.255 e. The van der Waals surface area contributed by atoms with Crippen molar-refractivity contribution in [2.75, 3.05) is 0 Å². The molecule has 90 valence electrons. The van der Waals surface area contributed by atoms with Crippen molar-refractivity contribution in [3.05, 3.63) is 17.0 Å². The molecule has 0 radical (unpaired) electrons. The number of rotatable bonds is 4. The normalized spacial score (nSPS) is 14.6. The van der Waals surface area contributed by atoms with Crippen LogP contribution in [0.4, 0.5) is 0 Å². The van der Waals surface area contributed by atoms with Gasteiger partial charge >= 0.3 is 0 Å². The maximum atomic E-state index is 12.0. The SMILES string of the molecule is CCC(C)C(C)NC(=O)c1c(C)n[nH]c1C. The van der Waals surface area contributed by atoms with Crippen LogP contribution >= 0.6 is 0 Å². The number of carbonyl (C=O) groups excluding carboxylic acids is 1. The molecule has 1 rings (SSSR count). The summed E-state index contributed by atoms with van der Waals surface area (Å²) in [4.78, 5) is 12.0. The molecule has 16 heavy (non-hydrogen) atoms. The fourth-order valence-electron chi connectivity index (χ4n) is 1.66. The molecule has 1 aromatic heterocycles. The standard InChI is InChI=1S/C12H21N3O/c1-6-7(2)8(3)13-12(16)11-9(4)14-15-10(11)5/h7-8H,6H2,1-5H3,(H,13,16)(H,14,15). The first kappa shape index (κ1) is 12.7. The third-order valence-corrected chi connectivity index (χ3v) is 3.21. The van der Waals surface area contributed by atoms with Gasteiger partial charge in [0, 0.05) is 11.7 Å². The largest absolute Gasteiger partial charge is 0.349 e. The Morgan fingerprint density at radius 1 is 1.44 bits per heavy atom. The average molecular weight is 223 g/mol. The summed E-state index contributed by atoms with van der Waals surface area (Å²) >= 11 is 0. The lowest BCUT2D eigenvalue weighted by atomic mass is 10.0. The minimum Gasteiger partial charge on any atom is -0.349 e. The second-order valence-corrected chi connectivity index (χ2v) is 4.46. The van der Waals surface area contributed by atoms with Crippen LogP contribution in [0.1, 0.15) is 48.9 Å². The van der Waals surface area contributed by atoms with E-state index in [1.165, 1.54) is 0 Å². The van der Waals surface area contributed by atoms with Crippen LogP contribution < -0.4 is 5.32 Å². The van der Waals surface area contributed by atoms with Crippen molar-refractivity contribution in [3.63, 3.8) is 0 Å². The van der Waals surface area contributed by atoms with Gasteiger partial charge in [-0.2, -0.15) is 5.10 Å². The van der Waals surface area contributed by atoms with E-state index < -0.39 is 0 Å². The fourth-order valence-corrected chi connectivity index (χ4v) is 1.66. The third-order valence-electron chi connectivity index (χ3n) is 3.21. The highest BCUT2D eigenvalue weighted by Gasteiger charge is 2.19. The van der Waals surface area contributed by atoms with E-state index in [0.717, 1.165) is 17.8 Å². The Hall–Kier alpha value is -1.32. The van der Waals surface area contributed by atoms with Gasteiger partial charge in [0.1, 0.15) is 0 Å². The molecule has 4 heteroatoms. The van der Waals surface area contributed by atoms with Crippen molar-refractivity contribution < 1.29 is 4.79 Å². The first-order chi connectivity index (χ1) is 7.47. The molecule has 0 aliphatic rings. The number of aromatic nitrogens is 2. The predicted molar refractivity (Wildman–Crippen MR) is 64.4 cm³/mol. The van der Waals surface area contributed by atoms with Gasteiger partial charge in [-0.15, -0.1) is 0 Å². The highest BCUT2D eigenvalue weighted by atomic mass is 16.1. The van der Waals surface area contributed by atoms with Crippen LogP contribution in [0.5, 0.6) is 0 Å². The van der Waals surface area contributed by atoms with Gasteiger partial charge in [-0.1, -0.05) is 20.3 Å². The minimum absolute atomic E-state index is 0.0310. The molecular formula is C12H21N3O. The molecule has 0 saturated heterocycles. The second-order valence-electron chi connectivity index (χ2n) is 4.46. The molecule has 1 aromatic rings. The molecular weight excluding hydrogens is 202 g/mol. The van der Waals surface area contributed by atoms with Crippen LogP contribution in [-0.4, -0.2) is 22.1 Å². The molecule has 0 bridgehead atoms. The Morgan fingerprint density at radius 2 is 2.06 bits per heavy atom. The topological polar surface area (TPSA) is 57.8 Å². The van der Waals surface area contributed by atoms with Crippen LogP contribution in [0.15, 0.2) is 0 Å². The highest BCUT2D eigenvalue weighted by Crippen LogP contribution is 2.12. The number of nitrogens with zero attached hydrogens (tertiary/aromatic N) is 1. The molecule has 0 fully saturated rings. The van der Waals surface area contributed by atoms with Gasteiger partial charge in [-0.05, 0) is 26.7 Å². The summed E-state index contributed by atoms with van der Waals surface area (Å²) in [5.74, 6) is 0.452. The maximum absolute atomic E-state index is 12.0. The van der Waals surface area contributed by atoms with Crippen molar-refractivity contribution in [2.24, 2.45) is 5.92 Å². The van der Waals surface area contributed by atoms with E-state index in [2.05, 4.69) is 29.4 Å². The zero-order valence-corrected chi connectivity index (χ0v) is 10.7. The molecule has 0 aliphatic heterocycles. The van der Waals surface area contributed by atoms with E-state index in [9.17, 15) is 4.79 Å². The number of carbonyl (C=O) groups is 1. The molecule has 2 N–H and O–H groups in total. The number of hydrogen-bond acceptors (Lipinski definition) is 2. The zero-order chi connectivity index (χ0) is 12.3. The van der Waals surface area contributed by atoms with Gasteiger partial charge in [-0.3, -0.25) is 9.89 Å². The summed E-state index contributed by atoms with van der Waals surface area (Å²) in [5, 5.41) is 9.86. The number of amides is 1. The maximum Gasteiger partial charge on any atom is 0.255 e. The molecule has 1 heterocycles. The van der Waals surface area contributed by atoms with Gasteiger partial charge in [0.2, 0.25) is 0 Å². The molecule has 1 amide bonds. The first-order valence-corrected chi connectivity index (χ1v) is 5.79. The van der Waals surface area contributed by atoms with Crippen molar-refractivity contribution in [2.45, 2.75) is 47.1 Å². The predicted octanol–water partition coefficient (Wildman–Crippen LogP) is 2.19. The van der Waals surface area contributed by atoms with Gasteiger partial charge in [0.25, 0.3) is 5.91 Å². The third kappa shape index (κ3) is 2.62. The van der Waals surface area contributed by atoms with E-state index in [0.29, 0.717) is 11.5 Å². The lowest BCUT2D eigenvalue weighted by Crippen LogP contribution is -2.37. The van der Waals surface area contributed by atoms with Crippen LogP contribution in [0.2, 0.25) is 0 Å². The van der Waals surface area contributed by atoms with Crippen LogP contribution in [0.25, 0.3) is 0 Å². The Kier molecular flexibility index (Phi) is 4.10. The lowest BCUT2D eigenvalue weighted by Gasteiger charge is -2.19. The molecule has 0 aromatic carbocycles. The molecule has 0 spiro atoms. The first-order valence-electron chi connectivity index (χ1n) is 5.79. The number of aromatic amines is 1. The lowest BCUT2D eigenvalue weighted by molar-refractivity contribution is 0.0927. The second kappa shape index (κ2) is 5.14. The Balaban J connectivity index is 2.73. The van der Waals surface area contributed by atoms with Crippen LogP contribution in [-0.2, 0) is 0 Å². The molecule has 0 aliphatic carbocycles. The fraction of sp³-hybridized carbons (Fsp3) is 0.667. The summed E-state index contributed by atoms with van der Waals surface area (Å²) < 4.78 is 0. The summed E-state index contributed by atoms with van der Waals surface area (Å²) in [6, 6.07) is 0.186. The van der Waals surface area contributed by atoms with Crippen LogP contribution in [0, 0.1) is 19.8 Å². The Bertz CT molecular complexity index is 351. The number of aryl methyl sites for hydroxylation is 2. The van der Waals surface area contributed by atoms with Crippen molar-refractivity contribution in [3.8, 4) is 0 Å². The van der Waals surface area contributed by atoms with E-state index >= 15 is 0 Å². The molecule has 0 saturated carbocycles. The zero-order valence-electron chi connectivity index (χ0n) is 10.7. The van der Waals surface area contributed by atoms with Crippen molar-refractivity contribution in [1.82, 2.24) is 15.5 Å². The van der Waals surface area contributed by atoms with E-state index in [1.54, 1.807) is 0 Å². The summed E-state index contributed by atoms with van der Waals surface area (Å²) in [6.07, 6.45) is 1.06. The number of nitrogens with one attached hydrogen (secondary N) is 2. The van der Waals surface area contributed by atoms with Gasteiger partial charge in [-0.25, -0.2) is 0 Å². The summed E-state index contributed by atoms with van der Waals surface area (Å²) in [6.45, 7) is 10.0. The monoisotopic (exact) mass is 223 g/mol. The number of H-pyrrole nitrogens is 1. The average Bonchev–Trinajstić information content (AvgIpc) is 2.57. The summed E-state index contributed by atoms with van der Waals surface area (Å²) in [7, 11) is 0. The van der Waals surface area contributed by atoms with E-state index in [-0.39, 0.29) is 11.9 Å². The van der Waals surface area contributed by atoms with E-state index in [1.807, 2.05) is 20.8 Å². The highest BCUT2D eigenvalue weighted by molar-refractivity contribution is 5.96. The van der Waals surface area contributed by atoms with Gasteiger partial charge < -0.3 is 5.32 Å². The van der Waals surface area contributed by atoms with Crippen molar-refractivity contribution in [1.29, 1.82) is 0 Å². The molecule has 4 nitrogen and oxygen atoms in total. The molecule has 2 atom stereocenters. The Labute approximate surface area is 96.8 Å². The van der Waals surface area contributed by atoms with Crippen LogP contribution in [0.3, 0.4) is 0 Å². The van der Waals surface area contributed by atoms with E-state index in [4.69, 9.17) is 0 Å². The number of hydrogen-bond donors (Lipinski definition) is 2. The van der Waals surface area contributed by atoms with Gasteiger partial charge in [0.05, 0.1) is 11.3 Å². The molecule has 2 unspecified atom stereocenters. The summed E-state index contributed by atoms with van der Waals surface area (Å²) in [5.41, 5.74) is 2.26. The van der Waals surface area contributed by atoms with Crippen molar-refractivity contribution >= 4 is 5.91 Å². The quantitative estimate of drug-likeness (QED) is 0.822.